The normalized spacial score (nSPS) is 20.0. The van der Waals surface area contributed by atoms with Gasteiger partial charge in [0, 0.05) is 11.8 Å². The van der Waals surface area contributed by atoms with Gasteiger partial charge in [-0.05, 0) is 48.1 Å². The molecule has 1 saturated carbocycles. The van der Waals surface area contributed by atoms with Gasteiger partial charge < -0.3 is 4.74 Å². The molecule has 2 heteroatoms. The number of benzene rings is 2. The molecule has 1 aliphatic rings. The van der Waals surface area contributed by atoms with E-state index in [1.807, 2.05) is 42.5 Å². The van der Waals surface area contributed by atoms with Crippen molar-refractivity contribution >= 4 is 11.4 Å². The van der Waals surface area contributed by atoms with Crippen LogP contribution in [0.2, 0.25) is 0 Å². The van der Waals surface area contributed by atoms with Gasteiger partial charge >= 0.3 is 0 Å². The van der Waals surface area contributed by atoms with E-state index in [-0.39, 0.29) is 5.41 Å². The first kappa shape index (κ1) is 15.5. The molecule has 0 radical (unpaired) electrons. The highest BCUT2D eigenvalue weighted by Gasteiger charge is 2.45. The van der Waals surface area contributed by atoms with Crippen molar-refractivity contribution in [3.8, 4) is 5.75 Å². The zero-order valence-corrected chi connectivity index (χ0v) is 13.5. The number of Topliss-reactive ketones (excluding diaryl/α,β-unsaturated/α-hetero) is 1. The van der Waals surface area contributed by atoms with Gasteiger partial charge in [-0.25, -0.2) is 0 Å². The number of carbonyl (C=O) groups excluding carboxylic acids is 1. The lowest BCUT2D eigenvalue weighted by Gasteiger charge is -2.41. The quantitative estimate of drug-likeness (QED) is 0.774. The number of ketones is 1. The molecule has 2 aromatic carbocycles. The summed E-state index contributed by atoms with van der Waals surface area (Å²) in [5, 5.41) is 0. The number of hydrogen-bond acceptors (Lipinski definition) is 2. The van der Waals surface area contributed by atoms with E-state index in [1.54, 1.807) is 7.11 Å². The summed E-state index contributed by atoms with van der Waals surface area (Å²) in [5.41, 5.74) is 3.00. The van der Waals surface area contributed by atoms with E-state index >= 15 is 0 Å². The minimum absolute atomic E-state index is 0.276. The Morgan fingerprint density at radius 2 is 1.96 bits per heavy atom. The molecule has 0 spiro atoms. The smallest absolute Gasteiger partial charge is 0.139 e. The van der Waals surface area contributed by atoms with Crippen LogP contribution in [0.5, 0.6) is 5.75 Å². The van der Waals surface area contributed by atoms with E-state index in [2.05, 4.69) is 18.7 Å². The van der Waals surface area contributed by atoms with E-state index in [9.17, 15) is 4.79 Å². The van der Waals surface area contributed by atoms with Gasteiger partial charge in [0.25, 0.3) is 0 Å². The molecular formula is C21H22O2. The van der Waals surface area contributed by atoms with Gasteiger partial charge in [-0.15, -0.1) is 0 Å². The third-order valence-electron chi connectivity index (χ3n) is 4.84. The van der Waals surface area contributed by atoms with Gasteiger partial charge in [-0.3, -0.25) is 4.79 Å². The second-order valence-electron chi connectivity index (χ2n) is 6.38. The van der Waals surface area contributed by atoms with Crippen molar-refractivity contribution in [1.29, 1.82) is 0 Å². The maximum absolute atomic E-state index is 12.4. The van der Waals surface area contributed by atoms with Crippen LogP contribution in [-0.4, -0.2) is 12.9 Å². The van der Waals surface area contributed by atoms with Crippen molar-refractivity contribution in [2.24, 2.45) is 5.41 Å². The molecule has 0 bridgehead atoms. The van der Waals surface area contributed by atoms with Crippen LogP contribution in [0.15, 0.2) is 61.2 Å². The van der Waals surface area contributed by atoms with Crippen LogP contribution in [0, 0.1) is 5.41 Å². The van der Waals surface area contributed by atoms with Crippen LogP contribution in [0.25, 0.3) is 5.57 Å². The molecule has 23 heavy (non-hydrogen) atoms. The molecule has 3 rings (SSSR count). The minimum atomic E-state index is -0.276. The van der Waals surface area contributed by atoms with Gasteiger partial charge in [-0.2, -0.15) is 0 Å². The molecule has 0 unspecified atom stereocenters. The second kappa shape index (κ2) is 6.41. The van der Waals surface area contributed by atoms with E-state index in [1.165, 1.54) is 5.56 Å². The zero-order chi connectivity index (χ0) is 16.3. The number of methoxy groups -OCH3 is 1. The Balaban J connectivity index is 1.79. The highest BCUT2D eigenvalue weighted by atomic mass is 16.5. The molecule has 118 valence electrons. The predicted octanol–water partition coefficient (Wildman–Crippen LogP) is 4.69. The molecule has 2 nitrogen and oxygen atoms in total. The fourth-order valence-corrected chi connectivity index (χ4v) is 3.36. The van der Waals surface area contributed by atoms with Crippen molar-refractivity contribution in [1.82, 2.24) is 0 Å². The Hall–Kier alpha value is -2.35. The molecule has 0 saturated heterocycles. The van der Waals surface area contributed by atoms with Crippen molar-refractivity contribution in [3.05, 3.63) is 72.3 Å². The highest BCUT2D eigenvalue weighted by Crippen LogP contribution is 2.46. The average molecular weight is 306 g/mol. The van der Waals surface area contributed by atoms with Crippen LogP contribution < -0.4 is 4.74 Å². The van der Waals surface area contributed by atoms with Gasteiger partial charge in [0.15, 0.2) is 0 Å². The predicted molar refractivity (Wildman–Crippen MR) is 93.5 cm³/mol. The lowest BCUT2D eigenvalue weighted by Crippen LogP contribution is -2.42. The Morgan fingerprint density at radius 1 is 1.17 bits per heavy atom. The highest BCUT2D eigenvalue weighted by molar-refractivity contribution is 5.92. The molecule has 0 aromatic heterocycles. The summed E-state index contributed by atoms with van der Waals surface area (Å²) >= 11 is 0. The first-order valence-electron chi connectivity index (χ1n) is 8.02. The Labute approximate surface area is 137 Å². The Morgan fingerprint density at radius 3 is 2.57 bits per heavy atom. The van der Waals surface area contributed by atoms with Gasteiger partial charge in [0.1, 0.15) is 11.5 Å². The SMILES string of the molecule is C=C(C[C@]1(Cc2ccccc2)CCC1=O)c1cccc(OC)c1. The van der Waals surface area contributed by atoms with Crippen molar-refractivity contribution in [3.63, 3.8) is 0 Å². The molecular weight excluding hydrogens is 284 g/mol. The zero-order valence-electron chi connectivity index (χ0n) is 13.5. The summed E-state index contributed by atoms with van der Waals surface area (Å²) < 4.78 is 5.28. The molecule has 2 aromatic rings. The number of carbonyl (C=O) groups is 1. The maximum Gasteiger partial charge on any atom is 0.139 e. The minimum Gasteiger partial charge on any atom is -0.497 e. The van der Waals surface area contributed by atoms with Crippen LogP contribution in [0.3, 0.4) is 0 Å². The maximum atomic E-state index is 12.4. The van der Waals surface area contributed by atoms with Gasteiger partial charge in [0.2, 0.25) is 0 Å². The van der Waals surface area contributed by atoms with Gasteiger partial charge in [0.05, 0.1) is 7.11 Å². The van der Waals surface area contributed by atoms with Crippen LogP contribution in [0.1, 0.15) is 30.4 Å². The van der Waals surface area contributed by atoms with Gasteiger partial charge in [-0.1, -0.05) is 49.0 Å². The first-order chi connectivity index (χ1) is 11.1. The third-order valence-corrected chi connectivity index (χ3v) is 4.84. The van der Waals surface area contributed by atoms with Crippen LogP contribution >= 0.6 is 0 Å². The lowest BCUT2D eigenvalue weighted by molar-refractivity contribution is -0.137. The molecule has 0 aliphatic heterocycles. The number of allylic oxidation sites excluding steroid dienone is 1. The summed E-state index contributed by atoms with van der Waals surface area (Å²) in [4.78, 5) is 12.4. The topological polar surface area (TPSA) is 26.3 Å². The summed E-state index contributed by atoms with van der Waals surface area (Å²) in [6.07, 6.45) is 3.16. The molecule has 1 atom stereocenters. The first-order valence-corrected chi connectivity index (χ1v) is 8.02. The van der Waals surface area contributed by atoms with Crippen LogP contribution in [-0.2, 0) is 11.2 Å². The largest absolute Gasteiger partial charge is 0.497 e. The molecule has 0 heterocycles. The van der Waals surface area contributed by atoms with E-state index in [0.29, 0.717) is 18.6 Å². The van der Waals surface area contributed by atoms with Crippen LogP contribution in [0.4, 0.5) is 0 Å². The fraction of sp³-hybridized carbons (Fsp3) is 0.286. The number of ether oxygens (including phenoxy) is 1. The molecule has 0 N–H and O–H groups in total. The van der Waals surface area contributed by atoms with E-state index in [0.717, 1.165) is 29.7 Å². The number of rotatable bonds is 6. The lowest BCUT2D eigenvalue weighted by atomic mass is 9.61. The average Bonchev–Trinajstić information content (AvgIpc) is 2.60. The summed E-state index contributed by atoms with van der Waals surface area (Å²) in [6.45, 7) is 4.24. The van der Waals surface area contributed by atoms with E-state index < -0.39 is 0 Å². The Bertz CT molecular complexity index is 718. The van der Waals surface area contributed by atoms with Crippen molar-refractivity contribution < 1.29 is 9.53 Å². The summed E-state index contributed by atoms with van der Waals surface area (Å²) in [6, 6.07) is 18.2. The van der Waals surface area contributed by atoms with Crippen molar-refractivity contribution in [2.75, 3.05) is 7.11 Å². The second-order valence-corrected chi connectivity index (χ2v) is 6.38. The fourth-order valence-electron chi connectivity index (χ4n) is 3.36. The standard InChI is InChI=1S/C21H22O2/c1-16(18-9-6-10-19(13-18)23-2)14-21(12-11-20(21)22)15-17-7-4-3-5-8-17/h3-10,13H,1,11-12,14-15H2,2H3/t21-/m0/s1. The third kappa shape index (κ3) is 3.21. The molecule has 1 aliphatic carbocycles. The summed E-state index contributed by atoms with van der Waals surface area (Å²) in [5.74, 6) is 1.19. The van der Waals surface area contributed by atoms with E-state index in [4.69, 9.17) is 4.74 Å². The van der Waals surface area contributed by atoms with Crippen molar-refractivity contribution in [2.45, 2.75) is 25.7 Å². The molecule has 1 fully saturated rings. The Kier molecular flexibility index (Phi) is 4.33. The monoisotopic (exact) mass is 306 g/mol. The summed E-state index contributed by atoms with van der Waals surface area (Å²) in [7, 11) is 1.66. The molecule has 0 amide bonds. The number of hydrogen-bond donors (Lipinski definition) is 0.